The van der Waals surface area contributed by atoms with Gasteiger partial charge in [-0.2, -0.15) is 0 Å². The number of likely N-dealkylation sites (N-methyl/N-ethyl adjacent to an activating group) is 1. The fourth-order valence-corrected chi connectivity index (χ4v) is 4.18. The first kappa shape index (κ1) is 15.0. The summed E-state index contributed by atoms with van der Waals surface area (Å²) in [7, 11) is 3.70. The largest absolute Gasteiger partial charge is 0.496 e. The molecule has 1 heterocycles. The van der Waals surface area contributed by atoms with Crippen LogP contribution in [0.2, 0.25) is 0 Å². The van der Waals surface area contributed by atoms with Gasteiger partial charge >= 0.3 is 0 Å². The van der Waals surface area contributed by atoms with Crippen LogP contribution in [0, 0.1) is 0 Å². The summed E-state index contributed by atoms with van der Waals surface area (Å²) in [4.78, 5) is 1.31. The van der Waals surface area contributed by atoms with Crippen molar-refractivity contribution in [2.24, 2.45) is 0 Å². The second-order valence-electron chi connectivity index (χ2n) is 4.13. The maximum absolute atomic E-state index is 5.44. The number of ether oxygens (including phenoxy) is 1. The van der Waals surface area contributed by atoms with Gasteiger partial charge in [0.2, 0.25) is 0 Å². The third-order valence-corrected chi connectivity index (χ3v) is 5.45. The predicted molar refractivity (Wildman–Crippen MR) is 88.2 cm³/mol. The standard InChI is InChI=1S/C14H15Br2NOS/c1-17-12(14-11(16)5-6-19-14)8-9-7-10(15)3-4-13(9)18-2/h3-7,12,17H,8H2,1-2H3. The summed E-state index contributed by atoms with van der Waals surface area (Å²) in [5, 5.41) is 5.47. The van der Waals surface area contributed by atoms with E-state index in [1.54, 1.807) is 18.4 Å². The molecule has 2 nitrogen and oxygen atoms in total. The molecule has 1 atom stereocenters. The molecule has 0 radical (unpaired) electrons. The maximum atomic E-state index is 5.44. The van der Waals surface area contributed by atoms with Crippen LogP contribution >= 0.6 is 43.2 Å². The Morgan fingerprint density at radius 1 is 1.32 bits per heavy atom. The lowest BCUT2D eigenvalue weighted by atomic mass is 10.0. The molecule has 0 saturated carbocycles. The zero-order valence-corrected chi connectivity index (χ0v) is 14.7. The molecule has 2 aromatic rings. The van der Waals surface area contributed by atoms with Crippen LogP contribution in [-0.4, -0.2) is 14.2 Å². The smallest absolute Gasteiger partial charge is 0.122 e. The van der Waals surface area contributed by atoms with Crippen LogP contribution < -0.4 is 10.1 Å². The van der Waals surface area contributed by atoms with E-state index < -0.39 is 0 Å². The molecule has 0 fully saturated rings. The SMILES string of the molecule is CNC(Cc1cc(Br)ccc1OC)c1sccc1Br. The second-order valence-corrected chi connectivity index (χ2v) is 6.85. The molecule has 0 bridgehead atoms. The van der Waals surface area contributed by atoms with Gasteiger partial charge in [-0.3, -0.25) is 0 Å². The average Bonchev–Trinajstić information content (AvgIpc) is 2.82. The summed E-state index contributed by atoms with van der Waals surface area (Å²) in [5.41, 5.74) is 1.19. The van der Waals surface area contributed by atoms with Gasteiger partial charge in [0, 0.05) is 19.9 Å². The fourth-order valence-electron chi connectivity index (χ4n) is 2.01. The molecule has 1 unspecified atom stereocenters. The summed E-state index contributed by atoms with van der Waals surface area (Å²) in [6.07, 6.45) is 0.887. The Bertz CT molecular complexity index is 556. The van der Waals surface area contributed by atoms with Crippen LogP contribution in [0.4, 0.5) is 0 Å². The van der Waals surface area contributed by atoms with Crippen LogP contribution in [-0.2, 0) is 6.42 Å². The molecule has 1 N–H and O–H groups in total. The van der Waals surface area contributed by atoms with Crippen molar-refractivity contribution in [1.29, 1.82) is 0 Å². The van der Waals surface area contributed by atoms with Crippen molar-refractivity contribution in [3.05, 3.63) is 49.0 Å². The minimum Gasteiger partial charge on any atom is -0.496 e. The van der Waals surface area contributed by atoms with E-state index in [2.05, 4.69) is 54.7 Å². The molecule has 19 heavy (non-hydrogen) atoms. The first-order chi connectivity index (χ1) is 9.15. The van der Waals surface area contributed by atoms with Crippen molar-refractivity contribution >= 4 is 43.2 Å². The van der Waals surface area contributed by atoms with Crippen LogP contribution in [0.5, 0.6) is 5.75 Å². The molecule has 0 saturated heterocycles. The van der Waals surface area contributed by atoms with Crippen molar-refractivity contribution in [2.75, 3.05) is 14.2 Å². The lowest BCUT2D eigenvalue weighted by Gasteiger charge is -2.17. The van der Waals surface area contributed by atoms with Crippen molar-refractivity contribution in [3.63, 3.8) is 0 Å². The van der Waals surface area contributed by atoms with Gasteiger partial charge in [0.15, 0.2) is 0 Å². The van der Waals surface area contributed by atoms with E-state index in [0.29, 0.717) is 0 Å². The molecule has 0 aliphatic carbocycles. The summed E-state index contributed by atoms with van der Waals surface area (Å²) in [5.74, 6) is 0.927. The average molecular weight is 405 g/mol. The Hall–Kier alpha value is -0.360. The molecular weight excluding hydrogens is 390 g/mol. The van der Waals surface area contributed by atoms with E-state index in [9.17, 15) is 0 Å². The first-order valence-corrected chi connectivity index (χ1v) is 8.35. The van der Waals surface area contributed by atoms with Crippen LogP contribution in [0.15, 0.2) is 38.6 Å². The molecule has 2 rings (SSSR count). The van der Waals surface area contributed by atoms with E-state index in [1.807, 2.05) is 19.2 Å². The maximum Gasteiger partial charge on any atom is 0.122 e. The van der Waals surface area contributed by atoms with E-state index >= 15 is 0 Å². The minimum absolute atomic E-state index is 0.276. The monoisotopic (exact) mass is 403 g/mol. The van der Waals surface area contributed by atoms with Gasteiger partial charge in [-0.1, -0.05) is 15.9 Å². The number of nitrogens with one attached hydrogen (secondary N) is 1. The molecule has 0 spiro atoms. The third-order valence-electron chi connectivity index (χ3n) is 2.98. The zero-order valence-electron chi connectivity index (χ0n) is 10.7. The number of methoxy groups -OCH3 is 1. The minimum atomic E-state index is 0.276. The van der Waals surface area contributed by atoms with Gasteiger partial charge in [0.05, 0.1) is 7.11 Å². The zero-order chi connectivity index (χ0) is 13.8. The van der Waals surface area contributed by atoms with Gasteiger partial charge in [-0.15, -0.1) is 11.3 Å². The number of hydrogen-bond donors (Lipinski definition) is 1. The van der Waals surface area contributed by atoms with Crippen LogP contribution in [0.1, 0.15) is 16.5 Å². The Balaban J connectivity index is 2.28. The van der Waals surface area contributed by atoms with E-state index in [4.69, 9.17) is 4.74 Å². The van der Waals surface area contributed by atoms with Gasteiger partial charge in [-0.25, -0.2) is 0 Å². The van der Waals surface area contributed by atoms with E-state index in [1.165, 1.54) is 10.4 Å². The third kappa shape index (κ3) is 3.60. The summed E-state index contributed by atoms with van der Waals surface area (Å²) >= 11 is 8.88. The summed E-state index contributed by atoms with van der Waals surface area (Å²) in [6.45, 7) is 0. The highest BCUT2D eigenvalue weighted by molar-refractivity contribution is 9.10. The fraction of sp³-hybridized carbons (Fsp3) is 0.286. The topological polar surface area (TPSA) is 21.3 Å². The van der Waals surface area contributed by atoms with Crippen LogP contribution in [0.25, 0.3) is 0 Å². The number of benzene rings is 1. The molecule has 102 valence electrons. The Kier molecular flexibility index (Phi) is 5.45. The van der Waals surface area contributed by atoms with Gasteiger partial charge in [-0.05, 0) is 64.6 Å². The first-order valence-electron chi connectivity index (χ1n) is 5.88. The van der Waals surface area contributed by atoms with Gasteiger partial charge in [0.25, 0.3) is 0 Å². The normalized spacial score (nSPS) is 12.4. The Morgan fingerprint density at radius 3 is 2.68 bits per heavy atom. The quantitative estimate of drug-likeness (QED) is 0.773. The highest BCUT2D eigenvalue weighted by Gasteiger charge is 2.17. The lowest BCUT2D eigenvalue weighted by Crippen LogP contribution is -2.18. The van der Waals surface area contributed by atoms with E-state index in [0.717, 1.165) is 21.1 Å². The number of hydrogen-bond acceptors (Lipinski definition) is 3. The van der Waals surface area contributed by atoms with E-state index in [-0.39, 0.29) is 6.04 Å². The predicted octanol–water partition coefficient (Wildman–Crippen LogP) is 4.78. The second kappa shape index (κ2) is 6.88. The molecule has 0 aliphatic heterocycles. The Morgan fingerprint density at radius 2 is 2.11 bits per heavy atom. The molecule has 0 amide bonds. The van der Waals surface area contributed by atoms with Crippen molar-refractivity contribution in [1.82, 2.24) is 5.32 Å². The Labute approximate surface area is 134 Å². The summed E-state index contributed by atoms with van der Waals surface area (Å²) < 4.78 is 7.67. The lowest BCUT2D eigenvalue weighted by molar-refractivity contribution is 0.406. The number of halogens is 2. The number of rotatable bonds is 5. The van der Waals surface area contributed by atoms with Crippen molar-refractivity contribution in [2.45, 2.75) is 12.5 Å². The van der Waals surface area contributed by atoms with Crippen molar-refractivity contribution in [3.8, 4) is 5.75 Å². The van der Waals surface area contributed by atoms with Gasteiger partial charge in [0.1, 0.15) is 5.75 Å². The molecule has 1 aromatic carbocycles. The molecule has 0 aliphatic rings. The highest BCUT2D eigenvalue weighted by atomic mass is 79.9. The number of thiophene rings is 1. The summed E-state index contributed by atoms with van der Waals surface area (Å²) in [6, 6.07) is 8.47. The molecular formula is C14H15Br2NOS. The van der Waals surface area contributed by atoms with Crippen molar-refractivity contribution < 1.29 is 4.74 Å². The van der Waals surface area contributed by atoms with Gasteiger partial charge < -0.3 is 10.1 Å². The molecule has 5 heteroatoms. The van der Waals surface area contributed by atoms with Crippen LogP contribution in [0.3, 0.4) is 0 Å². The molecule has 1 aromatic heterocycles. The highest BCUT2D eigenvalue weighted by Crippen LogP contribution is 2.33.